The maximum absolute atomic E-state index is 9.85. The zero-order valence-electron chi connectivity index (χ0n) is 74.7. The van der Waals surface area contributed by atoms with Crippen molar-refractivity contribution in [2.24, 2.45) is 0 Å². The molecule has 0 saturated heterocycles. The molecular formula is C93H77BN6. The Morgan fingerprint density at radius 2 is 0.770 bits per heavy atom. The van der Waals surface area contributed by atoms with Crippen LogP contribution in [0, 0.1) is 0 Å². The minimum Gasteiger partial charge on any atom is -0.311 e. The first-order valence-electron chi connectivity index (χ1n) is 42.5. The van der Waals surface area contributed by atoms with Crippen molar-refractivity contribution < 1.29 is 24.7 Å². The molecule has 2 aliphatic rings. The molecule has 0 atom stereocenters. The predicted octanol–water partition coefficient (Wildman–Crippen LogP) is 22.6. The number of aromatic nitrogens is 4. The van der Waals surface area contributed by atoms with Crippen LogP contribution in [0.1, 0.15) is 104 Å². The largest absolute Gasteiger partial charge is 0.311 e. The third-order valence-electron chi connectivity index (χ3n) is 19.3. The Labute approximate surface area is 613 Å². The second-order valence-electron chi connectivity index (χ2n) is 28.7. The van der Waals surface area contributed by atoms with Crippen LogP contribution in [0.25, 0.3) is 106 Å². The van der Waals surface area contributed by atoms with E-state index in [1.165, 1.54) is 4.57 Å². The molecule has 0 N–H and O–H groups in total. The maximum atomic E-state index is 9.85. The van der Waals surface area contributed by atoms with Gasteiger partial charge in [-0.25, -0.2) is 15.0 Å². The Balaban J connectivity index is 1.07. The van der Waals surface area contributed by atoms with E-state index in [2.05, 4.69) is 163 Å². The van der Waals surface area contributed by atoms with Gasteiger partial charge in [-0.05, 0) is 143 Å². The van der Waals surface area contributed by atoms with Crippen LogP contribution >= 0.6 is 0 Å². The van der Waals surface area contributed by atoms with Gasteiger partial charge in [0.25, 0.3) is 6.71 Å². The normalized spacial score (nSPS) is 15.3. The average Bonchev–Trinajstić information content (AvgIpc) is 1.03. The van der Waals surface area contributed by atoms with Crippen molar-refractivity contribution in [3.63, 3.8) is 0 Å². The second kappa shape index (κ2) is 24.1. The molecule has 2 aliphatic heterocycles. The number of rotatable bonds is 10. The Morgan fingerprint density at radius 3 is 1.34 bits per heavy atom. The summed E-state index contributed by atoms with van der Waals surface area (Å²) in [6.45, 7) is 19.0. The lowest BCUT2D eigenvalue weighted by molar-refractivity contribution is 0.569. The quantitative estimate of drug-likeness (QED) is 0.128. The minimum atomic E-state index is -0.721. The van der Waals surface area contributed by atoms with Gasteiger partial charge in [-0.3, -0.25) is 0 Å². The fourth-order valence-electron chi connectivity index (χ4n) is 14.2. The highest BCUT2D eigenvalue weighted by Gasteiger charge is 2.46. The molecule has 17 rings (SSSR count). The van der Waals surface area contributed by atoms with Crippen LogP contribution in [0.5, 0.6) is 0 Å². The molecule has 6 nitrogen and oxygen atoms in total. The Kier molecular flexibility index (Phi) is 10.9. The molecule has 2 aromatic heterocycles. The van der Waals surface area contributed by atoms with Crippen LogP contribution in [-0.2, 0) is 16.2 Å². The summed E-state index contributed by atoms with van der Waals surface area (Å²) in [7, 11) is 0. The fraction of sp³-hybridized carbons (Fsp3) is 0.129. The first-order chi connectivity index (χ1) is 56.0. The van der Waals surface area contributed by atoms with Gasteiger partial charge < -0.3 is 14.4 Å². The molecule has 0 radical (unpaired) electrons. The summed E-state index contributed by atoms with van der Waals surface area (Å²) in [6, 6.07) is 54.1. The number of fused-ring (bicyclic) bond motifs is 7. The van der Waals surface area contributed by atoms with Gasteiger partial charge in [-0.1, -0.05) is 305 Å². The maximum Gasteiger partial charge on any atom is 0.252 e. The topological polar surface area (TPSA) is 50.1 Å². The third-order valence-corrected chi connectivity index (χ3v) is 19.3. The van der Waals surface area contributed by atoms with Crippen molar-refractivity contribution in [2.75, 3.05) is 9.80 Å². The summed E-state index contributed by atoms with van der Waals surface area (Å²) in [6.07, 6.45) is 0. The van der Waals surface area contributed by atoms with E-state index in [0.717, 1.165) is 78.1 Å². The number of hydrogen-bond acceptors (Lipinski definition) is 5. The predicted molar refractivity (Wildman–Crippen MR) is 422 cm³/mol. The van der Waals surface area contributed by atoms with Crippen molar-refractivity contribution in [3.05, 3.63) is 320 Å². The van der Waals surface area contributed by atoms with Crippen molar-refractivity contribution >= 4 is 79.0 Å². The van der Waals surface area contributed by atoms with Crippen molar-refractivity contribution in [3.8, 4) is 84.4 Å². The molecule has 0 amide bonds. The molecule has 4 heterocycles. The smallest absolute Gasteiger partial charge is 0.252 e. The van der Waals surface area contributed by atoms with Gasteiger partial charge >= 0.3 is 0 Å². The number of hydrogen-bond donors (Lipinski definition) is 0. The highest BCUT2D eigenvalue weighted by Crippen LogP contribution is 2.53. The average molecular weight is 1310 g/mol. The second-order valence-corrected chi connectivity index (χ2v) is 28.7. The van der Waals surface area contributed by atoms with Crippen LogP contribution in [0.15, 0.2) is 303 Å². The van der Waals surface area contributed by atoms with Crippen molar-refractivity contribution in [1.29, 1.82) is 0 Å². The van der Waals surface area contributed by atoms with Crippen LogP contribution in [0.3, 0.4) is 0 Å². The molecule has 0 bridgehead atoms. The lowest BCUT2D eigenvalue weighted by atomic mass is 9.33. The van der Waals surface area contributed by atoms with E-state index in [-0.39, 0.29) is 49.7 Å². The highest BCUT2D eigenvalue weighted by atomic mass is 15.2. The molecule has 100 heavy (non-hydrogen) atoms. The summed E-state index contributed by atoms with van der Waals surface area (Å²) in [5, 5.41) is -0.259. The van der Waals surface area contributed by atoms with Crippen LogP contribution < -0.4 is 26.2 Å². The number of para-hydroxylation sites is 3. The van der Waals surface area contributed by atoms with E-state index < -0.39 is 144 Å². The van der Waals surface area contributed by atoms with Gasteiger partial charge in [0.2, 0.25) is 0 Å². The van der Waals surface area contributed by atoms with Crippen LogP contribution in [0.2, 0.25) is 0 Å². The highest BCUT2D eigenvalue weighted by molar-refractivity contribution is 7.00. The number of anilines is 6. The summed E-state index contributed by atoms with van der Waals surface area (Å²) >= 11 is 0. The van der Waals surface area contributed by atoms with Gasteiger partial charge in [-0.15, -0.1) is 0 Å². The molecule has 0 saturated carbocycles. The van der Waals surface area contributed by atoms with Crippen molar-refractivity contribution in [2.45, 2.75) is 78.6 Å². The van der Waals surface area contributed by atoms with Gasteiger partial charge in [0.15, 0.2) is 17.5 Å². The van der Waals surface area contributed by atoms with Crippen LogP contribution in [-0.4, -0.2) is 26.2 Å². The molecule has 0 unspecified atom stereocenters. The van der Waals surface area contributed by atoms with Gasteiger partial charge in [0.05, 0.1) is 47.1 Å². The lowest BCUT2D eigenvalue weighted by Gasteiger charge is -2.46. The fourth-order valence-corrected chi connectivity index (χ4v) is 14.2. The van der Waals surface area contributed by atoms with E-state index in [0.29, 0.717) is 33.7 Å². The molecule has 0 fully saturated rings. The molecule has 7 heteroatoms. The summed E-state index contributed by atoms with van der Waals surface area (Å²) < 4.78 is 168. The van der Waals surface area contributed by atoms with E-state index in [1.54, 1.807) is 12.1 Å². The Bertz CT molecular complexity index is 6560. The molecule has 0 aliphatic carbocycles. The molecule has 0 spiro atoms. The summed E-state index contributed by atoms with van der Waals surface area (Å²) in [5.74, 6) is -1.22. The van der Waals surface area contributed by atoms with E-state index in [9.17, 15) is 13.7 Å². The SMILES string of the molecule is [2H]c1c([2H])c([2H])c(-c2nc(-c3cccc(-c4ccccc4)c3N3c4cc(-n5c6c([2H])c([2H])c([2H])c([2H])c6c6c([2H])c([2H])c([2H])c([2H])c65)ccc4B4c5ccc(-c6cc(C(C)(C)C)cc(C(C)(C)C)c6)cc5N(c5ccc(-c6ccccc6)cc5-c5ccccc5)c5cc(C(C)(C)C)cc3c54)nc(-c3c([2H])c([2H])c([2H])c([2H])c3[2H])n2)c([2H])c1[2H]. The standard InChI is InChI=1S/C93H77BN6/c1-91(2,3)68-52-67(53-69(56-68)92(4,5)6)66-46-49-77-82(55-66)99(81-51-47-65(60-30-15-10-16-31-60)54-76(81)62-34-19-12-20-35-62)84-57-70(93(7,8)9)58-85-86(84)94(77)78-50-48-71(98-79-44-27-25-40-73(79)74-41-26-28-45-80(74)98)59-83(78)100(85)87-72(61-32-17-11-18-33-61)42-29-43-75(87)90-96-88(63-36-21-13-22-37-63)95-89(97-90)64-38-23-14-24-39-64/h10-59H,1-9H3/i13D,14D,21D,22D,23D,24D,25D,26D,27D,28D,36D,37D,38D,39D,40D,41D,44D,45D. The first-order valence-corrected chi connectivity index (χ1v) is 33.5. The van der Waals surface area contributed by atoms with Gasteiger partial charge in [0, 0.05) is 67.0 Å². The number of nitrogens with zero attached hydrogens (tertiary/aromatic N) is 6. The molecule has 13 aromatic carbocycles. The molecular weight excluding hydrogens is 1210 g/mol. The molecule has 482 valence electrons. The van der Waals surface area contributed by atoms with Crippen LogP contribution in [0.4, 0.5) is 34.1 Å². The van der Waals surface area contributed by atoms with Gasteiger partial charge in [0.1, 0.15) is 0 Å². The van der Waals surface area contributed by atoms with E-state index in [1.807, 2.05) is 91.0 Å². The zero-order valence-corrected chi connectivity index (χ0v) is 56.7. The first kappa shape index (κ1) is 45.0. The Hall–Kier alpha value is -11.7. The Morgan fingerprint density at radius 1 is 0.310 bits per heavy atom. The molecule has 15 aromatic rings. The van der Waals surface area contributed by atoms with E-state index in [4.69, 9.17) is 25.9 Å². The van der Waals surface area contributed by atoms with Crippen molar-refractivity contribution in [1.82, 2.24) is 19.5 Å². The monoisotopic (exact) mass is 1310 g/mol. The lowest BCUT2D eigenvalue weighted by Crippen LogP contribution is -2.61. The summed E-state index contributed by atoms with van der Waals surface area (Å²) in [4.78, 5) is 19.5. The number of benzene rings is 13. The van der Waals surface area contributed by atoms with E-state index >= 15 is 0 Å². The summed E-state index contributed by atoms with van der Waals surface area (Å²) in [5.41, 5.74) is 14.3. The van der Waals surface area contributed by atoms with Gasteiger partial charge in [-0.2, -0.15) is 0 Å². The third kappa shape index (κ3) is 10.8. The minimum absolute atomic E-state index is 0.118. The zero-order chi connectivity index (χ0) is 83.8.